The van der Waals surface area contributed by atoms with Crippen molar-refractivity contribution in [2.75, 3.05) is 23.8 Å². The first-order valence-electron chi connectivity index (χ1n) is 10.7. The summed E-state index contributed by atoms with van der Waals surface area (Å²) >= 11 is 9.60. The molecule has 0 spiro atoms. The number of hydrogen-bond donors (Lipinski definition) is 3. The SMILES string of the molecule is Cc1ccc(NC(=S)NCCCCCCCCOc2ccccc2NC(=O)N=S)c(F)c1. The van der Waals surface area contributed by atoms with Gasteiger partial charge in [0.15, 0.2) is 5.11 Å². The molecule has 0 saturated heterocycles. The maximum absolute atomic E-state index is 13.8. The molecule has 0 aromatic heterocycles. The number of aryl methyl sites for hydroxylation is 1. The maximum atomic E-state index is 13.8. The van der Waals surface area contributed by atoms with Gasteiger partial charge >= 0.3 is 6.03 Å². The lowest BCUT2D eigenvalue weighted by Gasteiger charge is -2.12. The molecule has 0 atom stereocenters. The number of nitrogens with zero attached hydrogens (tertiary/aromatic N) is 1. The van der Waals surface area contributed by atoms with Crippen LogP contribution in [0.1, 0.15) is 44.1 Å². The fraction of sp³-hybridized carbons (Fsp3) is 0.391. The quantitative estimate of drug-likeness (QED) is 0.254. The Morgan fingerprint density at radius 2 is 1.72 bits per heavy atom. The van der Waals surface area contributed by atoms with Crippen molar-refractivity contribution in [2.24, 2.45) is 4.36 Å². The first-order valence-corrected chi connectivity index (χ1v) is 11.4. The molecule has 0 aliphatic carbocycles. The van der Waals surface area contributed by atoms with Crippen LogP contribution in [0.25, 0.3) is 0 Å². The monoisotopic (exact) mass is 476 g/mol. The Labute approximate surface area is 199 Å². The third kappa shape index (κ3) is 9.65. The first kappa shape index (κ1) is 25.6. The molecule has 6 nitrogen and oxygen atoms in total. The topological polar surface area (TPSA) is 74.8 Å². The van der Waals surface area contributed by atoms with Crippen LogP contribution < -0.4 is 20.7 Å². The number of thiocarbonyl (C=S) groups is 1. The van der Waals surface area contributed by atoms with Crippen LogP contribution in [-0.4, -0.2) is 24.3 Å². The van der Waals surface area contributed by atoms with Crippen LogP contribution in [0.2, 0.25) is 0 Å². The molecule has 0 aliphatic rings. The molecule has 0 saturated carbocycles. The number of carbonyl (C=O) groups excluding carboxylic acids is 1. The van der Waals surface area contributed by atoms with E-state index in [1.807, 2.05) is 25.1 Å². The smallest absolute Gasteiger partial charge is 0.356 e. The highest BCUT2D eigenvalue weighted by Gasteiger charge is 2.06. The molecule has 9 heteroatoms. The van der Waals surface area contributed by atoms with Gasteiger partial charge in [-0.25, -0.2) is 9.18 Å². The van der Waals surface area contributed by atoms with Crippen molar-refractivity contribution >= 4 is 47.2 Å². The van der Waals surface area contributed by atoms with Gasteiger partial charge in [-0.05, 0) is 61.8 Å². The second-order valence-electron chi connectivity index (χ2n) is 7.35. The second kappa shape index (κ2) is 14.4. The maximum Gasteiger partial charge on any atom is 0.356 e. The number of amides is 2. The van der Waals surface area contributed by atoms with Gasteiger partial charge in [-0.15, -0.1) is 4.36 Å². The molecule has 0 radical (unpaired) electrons. The zero-order valence-corrected chi connectivity index (χ0v) is 19.8. The van der Waals surface area contributed by atoms with Gasteiger partial charge < -0.3 is 20.7 Å². The molecule has 2 aromatic carbocycles. The lowest BCUT2D eigenvalue weighted by molar-refractivity contribution is 0.259. The molecule has 32 heavy (non-hydrogen) atoms. The summed E-state index contributed by atoms with van der Waals surface area (Å²) in [6, 6.07) is 11.6. The highest BCUT2D eigenvalue weighted by molar-refractivity contribution is 7.80. The lowest BCUT2D eigenvalue weighted by atomic mass is 10.1. The molecule has 0 heterocycles. The van der Waals surface area contributed by atoms with E-state index < -0.39 is 6.03 Å². The number of para-hydroxylation sites is 2. The summed E-state index contributed by atoms with van der Waals surface area (Å²) in [7, 11) is 0. The highest BCUT2D eigenvalue weighted by Crippen LogP contribution is 2.24. The number of unbranched alkanes of at least 4 members (excludes halogenated alkanes) is 5. The Bertz CT molecular complexity index is 911. The van der Waals surface area contributed by atoms with Gasteiger partial charge in [0, 0.05) is 19.0 Å². The third-order valence-electron chi connectivity index (χ3n) is 4.70. The lowest BCUT2D eigenvalue weighted by Crippen LogP contribution is -2.29. The summed E-state index contributed by atoms with van der Waals surface area (Å²) < 4.78 is 22.8. The zero-order valence-electron chi connectivity index (χ0n) is 18.2. The van der Waals surface area contributed by atoms with Crippen molar-refractivity contribution in [1.82, 2.24) is 5.32 Å². The summed E-state index contributed by atoms with van der Waals surface area (Å²) in [6.07, 6.45) is 6.33. The van der Waals surface area contributed by atoms with Crippen molar-refractivity contribution in [2.45, 2.75) is 45.4 Å². The van der Waals surface area contributed by atoms with E-state index in [1.165, 1.54) is 6.07 Å². The molecular formula is C23H29FN4O2S2. The normalized spacial score (nSPS) is 10.3. The Morgan fingerprint density at radius 3 is 2.47 bits per heavy atom. The summed E-state index contributed by atoms with van der Waals surface area (Å²) in [4.78, 5) is 11.3. The number of halogens is 1. The number of nitrogens with one attached hydrogen (secondary N) is 3. The molecule has 0 bridgehead atoms. The minimum Gasteiger partial charge on any atom is -0.491 e. The van der Waals surface area contributed by atoms with E-state index in [0.717, 1.165) is 50.6 Å². The number of benzene rings is 2. The van der Waals surface area contributed by atoms with E-state index in [2.05, 4.69) is 32.7 Å². The molecule has 3 N–H and O–H groups in total. The molecule has 172 valence electrons. The number of anilines is 2. The van der Waals surface area contributed by atoms with E-state index in [4.69, 9.17) is 17.0 Å². The Hall–Kier alpha value is -2.65. The van der Waals surface area contributed by atoms with Gasteiger partial charge in [0.05, 0.1) is 18.0 Å². The van der Waals surface area contributed by atoms with E-state index in [1.54, 1.807) is 18.2 Å². The van der Waals surface area contributed by atoms with E-state index in [9.17, 15) is 9.18 Å². The number of carbonyl (C=O) groups is 1. The van der Waals surface area contributed by atoms with E-state index >= 15 is 0 Å². The zero-order chi connectivity index (χ0) is 23.2. The molecular weight excluding hydrogens is 447 g/mol. The van der Waals surface area contributed by atoms with Gasteiger partial charge in [0.2, 0.25) is 0 Å². The number of hydrogen-bond acceptors (Lipinski definition) is 4. The molecule has 0 aliphatic heterocycles. The van der Waals surface area contributed by atoms with Crippen LogP contribution in [0.3, 0.4) is 0 Å². The van der Waals surface area contributed by atoms with Gasteiger partial charge in [-0.3, -0.25) is 0 Å². The van der Waals surface area contributed by atoms with Crippen LogP contribution >= 0.6 is 12.2 Å². The van der Waals surface area contributed by atoms with Crippen LogP contribution in [0.4, 0.5) is 20.6 Å². The van der Waals surface area contributed by atoms with Crippen LogP contribution in [-0.2, 0) is 12.4 Å². The summed E-state index contributed by atoms with van der Waals surface area (Å²) in [5.74, 6) is 0.305. The average Bonchev–Trinajstić information content (AvgIpc) is 2.78. The van der Waals surface area contributed by atoms with Crippen molar-refractivity contribution < 1.29 is 13.9 Å². The molecule has 2 amide bonds. The summed E-state index contributed by atoms with van der Waals surface area (Å²) in [5.41, 5.74) is 1.82. The number of ether oxygens (including phenoxy) is 1. The molecule has 2 aromatic rings. The fourth-order valence-electron chi connectivity index (χ4n) is 3.04. The van der Waals surface area contributed by atoms with Crippen LogP contribution in [0.5, 0.6) is 5.75 Å². The van der Waals surface area contributed by atoms with Crippen molar-refractivity contribution in [3.8, 4) is 5.75 Å². The van der Waals surface area contributed by atoms with Gasteiger partial charge in [0.25, 0.3) is 0 Å². The predicted molar refractivity (Wildman–Crippen MR) is 134 cm³/mol. The molecule has 0 fully saturated rings. The van der Waals surface area contributed by atoms with Gasteiger partial charge in [0.1, 0.15) is 11.6 Å². The second-order valence-corrected chi connectivity index (χ2v) is 7.94. The van der Waals surface area contributed by atoms with E-state index in [-0.39, 0.29) is 5.82 Å². The van der Waals surface area contributed by atoms with Gasteiger partial charge in [-0.1, -0.05) is 43.9 Å². The van der Waals surface area contributed by atoms with E-state index in [0.29, 0.717) is 28.8 Å². The van der Waals surface area contributed by atoms with Crippen molar-refractivity contribution in [3.63, 3.8) is 0 Å². The highest BCUT2D eigenvalue weighted by atomic mass is 32.1. The van der Waals surface area contributed by atoms with Crippen LogP contribution in [0.15, 0.2) is 46.8 Å². The molecule has 2 rings (SSSR count). The fourth-order valence-corrected chi connectivity index (χ4v) is 3.30. The van der Waals surface area contributed by atoms with Crippen LogP contribution in [0, 0.1) is 12.7 Å². The average molecular weight is 477 g/mol. The standard InChI is InChI=1S/C23H29FN4O2S2/c1-17-12-13-19(18(24)16-17)27-23(31)25-14-8-4-2-3-5-9-15-30-21-11-7-6-10-20(21)26-22(29)28-32/h6-7,10-13,16H,2-5,8-9,14-15H2,1H3,(H,26,29)(H2,25,27,31). The Morgan fingerprint density at radius 1 is 1.00 bits per heavy atom. The third-order valence-corrected chi connectivity index (χ3v) is 5.11. The van der Waals surface area contributed by atoms with Gasteiger partial charge in [-0.2, -0.15) is 0 Å². The Balaban J connectivity index is 1.50. The van der Waals surface area contributed by atoms with Crippen molar-refractivity contribution in [3.05, 3.63) is 53.8 Å². The van der Waals surface area contributed by atoms with Crippen molar-refractivity contribution in [1.29, 1.82) is 0 Å². The number of urea groups is 1. The minimum absolute atomic E-state index is 0.307. The number of rotatable bonds is 12. The predicted octanol–water partition coefficient (Wildman–Crippen LogP) is 6.10. The minimum atomic E-state index is -0.579. The Kier molecular flexibility index (Phi) is 11.5. The largest absolute Gasteiger partial charge is 0.491 e. The summed E-state index contributed by atoms with van der Waals surface area (Å²) in [6.45, 7) is 3.18. The molecule has 0 unspecified atom stereocenters. The summed E-state index contributed by atoms with van der Waals surface area (Å²) in [5, 5.41) is 9.03. The first-order chi connectivity index (χ1) is 15.5.